The van der Waals surface area contributed by atoms with Crippen LogP contribution in [-0.4, -0.2) is 0 Å². The first kappa shape index (κ1) is 6.57. The van der Waals surface area contributed by atoms with Crippen LogP contribution in [0.1, 0.15) is 0 Å². The lowest BCUT2D eigenvalue weighted by atomic mass is 10.5. The predicted molar refractivity (Wildman–Crippen MR) is 37.5 cm³/mol. The van der Waals surface area contributed by atoms with Crippen LogP contribution in [0.25, 0.3) is 0 Å². The molecule has 0 bridgehead atoms. The van der Waals surface area contributed by atoms with Crippen LogP contribution in [0.15, 0.2) is 36.3 Å². The molecule has 0 aliphatic rings. The zero-order valence-corrected chi connectivity index (χ0v) is 4.94. The maximum atomic E-state index is 3.83. The van der Waals surface area contributed by atoms with Crippen molar-refractivity contribution >= 4 is 12.6 Å². The quantitative estimate of drug-likeness (QED) is 0.411. The second-order valence-electron chi connectivity index (χ2n) is 0.962. The van der Waals surface area contributed by atoms with E-state index in [2.05, 4.69) is 19.2 Å². The van der Waals surface area contributed by atoms with Crippen molar-refractivity contribution in [2.24, 2.45) is 0 Å². The van der Waals surface area contributed by atoms with Gasteiger partial charge in [0.15, 0.2) is 0 Å². The van der Waals surface area contributed by atoms with Crippen molar-refractivity contribution in [1.82, 2.24) is 0 Å². The summed E-state index contributed by atoms with van der Waals surface area (Å²) < 4.78 is 0. The van der Waals surface area contributed by atoms with E-state index in [9.17, 15) is 0 Å². The summed E-state index contributed by atoms with van der Waals surface area (Å²) in [7, 11) is 0. The van der Waals surface area contributed by atoms with Gasteiger partial charge in [0.05, 0.1) is 0 Å². The normalized spacial score (nSPS) is 11.0. The van der Waals surface area contributed by atoms with Gasteiger partial charge in [0, 0.05) is 0 Å². The van der Waals surface area contributed by atoms with Crippen molar-refractivity contribution in [2.75, 3.05) is 0 Å². The van der Waals surface area contributed by atoms with Crippen LogP contribution in [0.2, 0.25) is 0 Å². The molecule has 0 rings (SSSR count). The van der Waals surface area contributed by atoms with Crippen LogP contribution in [0.3, 0.4) is 0 Å². The molecule has 0 amide bonds. The fourth-order valence-corrected chi connectivity index (χ4v) is 0.292. The SMILES string of the molecule is C=C/C=C\C=C/S. The molecule has 0 fully saturated rings. The van der Waals surface area contributed by atoms with Crippen LogP contribution in [0.5, 0.6) is 0 Å². The summed E-state index contributed by atoms with van der Waals surface area (Å²) in [6.45, 7) is 3.49. The van der Waals surface area contributed by atoms with Gasteiger partial charge in [0.2, 0.25) is 0 Å². The first-order chi connectivity index (χ1) is 3.41. The summed E-state index contributed by atoms with van der Waals surface area (Å²) in [6, 6.07) is 0. The highest BCUT2D eigenvalue weighted by molar-refractivity contribution is 7.83. The van der Waals surface area contributed by atoms with Crippen molar-refractivity contribution in [3.05, 3.63) is 36.3 Å². The molecule has 0 aromatic heterocycles. The largest absolute Gasteiger partial charge is 0.151 e. The summed E-state index contributed by atoms with van der Waals surface area (Å²) in [6.07, 6.45) is 7.24. The highest BCUT2D eigenvalue weighted by Crippen LogP contribution is 1.78. The lowest BCUT2D eigenvalue weighted by Crippen LogP contribution is -1.41. The summed E-state index contributed by atoms with van der Waals surface area (Å²) >= 11 is 3.83. The van der Waals surface area contributed by atoms with Crippen molar-refractivity contribution < 1.29 is 0 Å². The van der Waals surface area contributed by atoms with Gasteiger partial charge < -0.3 is 0 Å². The average Bonchev–Trinajstić information content (AvgIpc) is 1.69. The van der Waals surface area contributed by atoms with E-state index >= 15 is 0 Å². The molecule has 0 saturated heterocycles. The third-order valence-corrected chi connectivity index (χ3v) is 0.617. The molecule has 0 spiro atoms. The molecule has 7 heavy (non-hydrogen) atoms. The molecule has 0 heterocycles. The van der Waals surface area contributed by atoms with Crippen LogP contribution in [-0.2, 0) is 0 Å². The Bertz CT molecular complexity index is 90.4. The Hall–Kier alpha value is -0.430. The Labute approximate surface area is 49.7 Å². The van der Waals surface area contributed by atoms with Gasteiger partial charge in [-0.2, -0.15) is 12.6 Å². The summed E-state index contributed by atoms with van der Waals surface area (Å²) in [5.41, 5.74) is 0. The molecule has 0 aliphatic heterocycles. The number of rotatable bonds is 2. The first-order valence-corrected chi connectivity index (χ1v) is 2.52. The Kier molecular flexibility index (Phi) is 5.23. The fourth-order valence-electron chi connectivity index (χ4n) is 0.192. The van der Waals surface area contributed by atoms with Gasteiger partial charge in [0.1, 0.15) is 0 Å². The molecular weight excluding hydrogens is 104 g/mol. The van der Waals surface area contributed by atoms with E-state index in [1.54, 1.807) is 11.5 Å². The predicted octanol–water partition coefficient (Wildman–Crippen LogP) is 2.17. The van der Waals surface area contributed by atoms with Crippen LogP contribution in [0.4, 0.5) is 0 Å². The highest BCUT2D eigenvalue weighted by atomic mass is 32.1. The Morgan fingerprint density at radius 3 is 2.29 bits per heavy atom. The van der Waals surface area contributed by atoms with Crippen molar-refractivity contribution in [3.8, 4) is 0 Å². The molecule has 0 aromatic rings. The van der Waals surface area contributed by atoms with Gasteiger partial charge in [-0.15, -0.1) is 0 Å². The van der Waals surface area contributed by atoms with Crippen LogP contribution in [0, 0.1) is 0 Å². The third kappa shape index (κ3) is 5.57. The van der Waals surface area contributed by atoms with Crippen molar-refractivity contribution in [1.29, 1.82) is 0 Å². The second-order valence-corrected chi connectivity index (χ2v) is 1.26. The maximum Gasteiger partial charge on any atom is -0.0324 e. The van der Waals surface area contributed by atoms with Crippen molar-refractivity contribution in [3.63, 3.8) is 0 Å². The number of thiol groups is 1. The number of hydrogen-bond acceptors (Lipinski definition) is 1. The smallest absolute Gasteiger partial charge is 0.0324 e. The molecular formula is C6H8S. The Morgan fingerprint density at radius 1 is 1.14 bits per heavy atom. The minimum absolute atomic E-state index is 1.67. The molecule has 0 saturated carbocycles. The van der Waals surface area contributed by atoms with E-state index < -0.39 is 0 Å². The zero-order chi connectivity index (χ0) is 5.54. The molecule has 0 unspecified atom stereocenters. The summed E-state index contributed by atoms with van der Waals surface area (Å²) in [4.78, 5) is 0. The zero-order valence-electron chi connectivity index (χ0n) is 4.04. The van der Waals surface area contributed by atoms with E-state index in [4.69, 9.17) is 0 Å². The maximum absolute atomic E-state index is 3.83. The molecule has 0 radical (unpaired) electrons. The Morgan fingerprint density at radius 2 is 1.86 bits per heavy atom. The first-order valence-electron chi connectivity index (χ1n) is 2.00. The van der Waals surface area contributed by atoms with Crippen LogP contribution < -0.4 is 0 Å². The van der Waals surface area contributed by atoms with E-state index in [-0.39, 0.29) is 0 Å². The fraction of sp³-hybridized carbons (Fsp3) is 0. The van der Waals surface area contributed by atoms with Gasteiger partial charge >= 0.3 is 0 Å². The molecule has 0 N–H and O–H groups in total. The van der Waals surface area contributed by atoms with E-state index in [0.717, 1.165) is 0 Å². The van der Waals surface area contributed by atoms with Crippen molar-refractivity contribution in [2.45, 2.75) is 0 Å². The lowest BCUT2D eigenvalue weighted by molar-refractivity contribution is 1.97. The molecule has 0 aromatic carbocycles. The minimum atomic E-state index is 1.67. The standard InChI is InChI=1S/C6H8S/c1-2-3-4-5-6-7/h2-7H,1H2/b4-3-,6-5-. The van der Waals surface area contributed by atoms with Crippen LogP contribution >= 0.6 is 12.6 Å². The van der Waals surface area contributed by atoms with E-state index in [1.807, 2.05) is 18.2 Å². The Balaban J connectivity index is 3.27. The topological polar surface area (TPSA) is 0 Å². The molecule has 1 heteroatoms. The molecule has 0 nitrogen and oxygen atoms in total. The summed E-state index contributed by atoms with van der Waals surface area (Å²) in [5, 5.41) is 1.67. The van der Waals surface area contributed by atoms with Gasteiger partial charge in [0.25, 0.3) is 0 Å². The molecule has 0 atom stereocenters. The third-order valence-electron chi connectivity index (χ3n) is 0.444. The monoisotopic (exact) mass is 112 g/mol. The lowest BCUT2D eigenvalue weighted by Gasteiger charge is -1.64. The number of hydrogen-bond donors (Lipinski definition) is 1. The molecule has 0 aliphatic carbocycles. The van der Waals surface area contributed by atoms with Gasteiger partial charge in [-0.1, -0.05) is 30.9 Å². The van der Waals surface area contributed by atoms with E-state index in [1.165, 1.54) is 0 Å². The highest BCUT2D eigenvalue weighted by Gasteiger charge is 1.52. The average molecular weight is 112 g/mol. The van der Waals surface area contributed by atoms with Gasteiger partial charge in [-0.05, 0) is 5.41 Å². The molecule has 38 valence electrons. The minimum Gasteiger partial charge on any atom is -0.151 e. The van der Waals surface area contributed by atoms with Gasteiger partial charge in [-0.3, -0.25) is 0 Å². The van der Waals surface area contributed by atoms with E-state index in [0.29, 0.717) is 0 Å². The number of allylic oxidation sites excluding steroid dienone is 4. The summed E-state index contributed by atoms with van der Waals surface area (Å²) in [5.74, 6) is 0. The second kappa shape index (κ2) is 5.57. The van der Waals surface area contributed by atoms with Gasteiger partial charge in [-0.25, -0.2) is 0 Å².